The summed E-state index contributed by atoms with van der Waals surface area (Å²) in [4.78, 5) is 5.13. The van der Waals surface area contributed by atoms with Crippen molar-refractivity contribution in [3.8, 4) is 11.1 Å². The zero-order valence-corrected chi connectivity index (χ0v) is 30.9. The van der Waals surface area contributed by atoms with Crippen LogP contribution in [0.4, 0.5) is 11.4 Å². The van der Waals surface area contributed by atoms with E-state index in [1.807, 2.05) is 0 Å². The Morgan fingerprint density at radius 2 is 1.02 bits per heavy atom. The fraction of sp³-hybridized carbons (Fsp3) is 0.333. The fourth-order valence-corrected chi connectivity index (χ4v) is 9.52. The molecule has 4 nitrogen and oxygen atoms in total. The molecule has 2 aliphatic heterocycles. The molecule has 2 aliphatic rings. The summed E-state index contributed by atoms with van der Waals surface area (Å²) in [6, 6.07) is 36.1. The molecule has 0 aliphatic carbocycles. The topological polar surface area (TPSA) is 32.8 Å². The third kappa shape index (κ3) is 5.25. The largest absolute Gasteiger partial charge is 0.452 e. The molecule has 52 heavy (non-hydrogen) atoms. The van der Waals surface area contributed by atoms with Crippen molar-refractivity contribution in [2.24, 2.45) is 23.7 Å². The number of fused-ring (bicyclic) bond motifs is 9. The first-order valence-corrected chi connectivity index (χ1v) is 19.7. The van der Waals surface area contributed by atoms with Crippen molar-refractivity contribution >= 4 is 76.8 Å². The Morgan fingerprint density at radius 3 is 1.58 bits per heavy atom. The molecule has 0 saturated carbocycles. The second-order valence-electron chi connectivity index (χ2n) is 16.5. The number of hydrogen-bond donors (Lipinski definition) is 0. The smallest absolute Gasteiger partial charge is 0.179 e. The van der Waals surface area contributed by atoms with Crippen LogP contribution >= 0.6 is 0 Å². The van der Waals surface area contributed by atoms with Crippen LogP contribution in [0, 0.1) is 23.7 Å². The van der Waals surface area contributed by atoms with Gasteiger partial charge in [-0.1, -0.05) is 70.2 Å². The average Bonchev–Trinajstić information content (AvgIpc) is 3.73. The first-order valence-electron chi connectivity index (χ1n) is 19.7. The zero-order chi connectivity index (χ0) is 35.1. The van der Waals surface area contributed by atoms with Gasteiger partial charge in [0.05, 0.1) is 0 Å². The Bertz CT molecular complexity index is 2610. The van der Waals surface area contributed by atoms with Crippen LogP contribution in [-0.2, 0) is 0 Å². The van der Waals surface area contributed by atoms with E-state index in [0.717, 1.165) is 93.7 Å². The Labute approximate surface area is 306 Å². The summed E-state index contributed by atoms with van der Waals surface area (Å²) in [5.74, 6) is 3.17. The summed E-state index contributed by atoms with van der Waals surface area (Å²) in [5, 5.41) is 9.37. The number of hydrogen-bond acceptors (Lipinski definition) is 4. The summed E-state index contributed by atoms with van der Waals surface area (Å²) in [6.45, 7) is 14.0. The van der Waals surface area contributed by atoms with Crippen molar-refractivity contribution < 1.29 is 8.83 Å². The van der Waals surface area contributed by atoms with E-state index in [-0.39, 0.29) is 0 Å². The molecular weight excluding hydrogens is 637 g/mol. The number of furan rings is 2. The lowest BCUT2D eigenvalue weighted by atomic mass is 9.86. The number of piperidine rings is 2. The van der Waals surface area contributed by atoms with Crippen molar-refractivity contribution in [2.45, 2.75) is 53.4 Å². The summed E-state index contributed by atoms with van der Waals surface area (Å²) in [7, 11) is 0. The first kappa shape index (κ1) is 31.7. The molecule has 0 bridgehead atoms. The van der Waals surface area contributed by atoms with Crippen LogP contribution in [0.15, 0.2) is 106 Å². The Hall–Kier alpha value is -4.96. The van der Waals surface area contributed by atoms with Crippen LogP contribution in [-0.4, -0.2) is 26.2 Å². The second kappa shape index (κ2) is 12.3. The highest BCUT2D eigenvalue weighted by atomic mass is 16.4. The van der Waals surface area contributed by atoms with Gasteiger partial charge >= 0.3 is 0 Å². The number of benzene rings is 6. The highest BCUT2D eigenvalue weighted by molar-refractivity contribution is 6.25. The molecule has 0 radical (unpaired) electrons. The quantitative estimate of drug-likeness (QED) is 0.181. The van der Waals surface area contributed by atoms with Crippen LogP contribution in [0.5, 0.6) is 0 Å². The molecule has 4 heteroatoms. The molecule has 8 aromatic rings. The van der Waals surface area contributed by atoms with E-state index >= 15 is 0 Å². The maximum atomic E-state index is 6.90. The van der Waals surface area contributed by atoms with Gasteiger partial charge in [-0.25, -0.2) is 0 Å². The minimum Gasteiger partial charge on any atom is -0.452 e. The molecule has 0 N–H and O–H groups in total. The second-order valence-corrected chi connectivity index (χ2v) is 16.5. The summed E-state index contributed by atoms with van der Waals surface area (Å²) in [6.07, 6.45) is 5.07. The number of rotatable bonds is 5. The molecule has 0 spiro atoms. The van der Waals surface area contributed by atoms with E-state index in [1.54, 1.807) is 0 Å². The van der Waals surface area contributed by atoms with E-state index in [2.05, 4.69) is 135 Å². The van der Waals surface area contributed by atoms with Gasteiger partial charge in [-0.05, 0) is 137 Å². The van der Waals surface area contributed by atoms with Crippen LogP contribution < -0.4 is 9.80 Å². The third-order valence-electron chi connectivity index (χ3n) is 12.8. The molecule has 2 saturated heterocycles. The lowest BCUT2D eigenvalue weighted by Gasteiger charge is -2.35. The molecule has 0 unspecified atom stereocenters. The van der Waals surface area contributed by atoms with Gasteiger partial charge < -0.3 is 18.6 Å². The van der Waals surface area contributed by atoms with Crippen LogP contribution in [0.25, 0.3) is 76.5 Å². The van der Waals surface area contributed by atoms with Gasteiger partial charge in [0.25, 0.3) is 0 Å². The monoisotopic (exact) mass is 684 g/mol. The lowest BCUT2D eigenvalue weighted by Crippen LogP contribution is -2.35. The van der Waals surface area contributed by atoms with Crippen molar-refractivity contribution in [3.63, 3.8) is 0 Å². The predicted molar refractivity (Wildman–Crippen MR) is 221 cm³/mol. The molecule has 262 valence electrons. The summed E-state index contributed by atoms with van der Waals surface area (Å²) in [5.41, 5.74) is 8.43. The minimum atomic E-state index is 0.758. The van der Waals surface area contributed by atoms with E-state index in [9.17, 15) is 0 Å². The van der Waals surface area contributed by atoms with Gasteiger partial charge in [0.15, 0.2) is 11.2 Å². The van der Waals surface area contributed by atoms with Crippen molar-refractivity contribution in [3.05, 3.63) is 97.1 Å². The summed E-state index contributed by atoms with van der Waals surface area (Å²) < 4.78 is 13.7. The summed E-state index contributed by atoms with van der Waals surface area (Å²) >= 11 is 0. The maximum Gasteiger partial charge on any atom is 0.179 e. The average molecular weight is 685 g/mol. The van der Waals surface area contributed by atoms with E-state index < -0.39 is 0 Å². The SMILES string of the molecule is CC(C)C1CCN(c2ccc3cc4c(cc3c2)oc2c4cc(-c3ccccc3)c3c4cc5ccc(N6CCC(C(C)C)CC6)cc5cc4oc23)CC1. The normalized spacial score (nSPS) is 16.7. The van der Waals surface area contributed by atoms with E-state index in [1.165, 1.54) is 69.7 Å². The van der Waals surface area contributed by atoms with E-state index in [0.29, 0.717) is 0 Å². The van der Waals surface area contributed by atoms with Gasteiger partial charge in [0.1, 0.15) is 11.2 Å². The van der Waals surface area contributed by atoms with Gasteiger partial charge in [-0.3, -0.25) is 0 Å². The Balaban J connectivity index is 1.11. The fourth-order valence-electron chi connectivity index (χ4n) is 9.52. The lowest BCUT2D eigenvalue weighted by molar-refractivity contribution is 0.311. The van der Waals surface area contributed by atoms with Crippen molar-refractivity contribution in [1.82, 2.24) is 0 Å². The highest BCUT2D eigenvalue weighted by Crippen LogP contribution is 2.46. The van der Waals surface area contributed by atoms with Crippen LogP contribution in [0.1, 0.15) is 53.4 Å². The Kier molecular flexibility index (Phi) is 7.53. The van der Waals surface area contributed by atoms with E-state index in [4.69, 9.17) is 8.83 Å². The van der Waals surface area contributed by atoms with Crippen LogP contribution in [0.2, 0.25) is 0 Å². The highest BCUT2D eigenvalue weighted by Gasteiger charge is 2.25. The van der Waals surface area contributed by atoms with Gasteiger partial charge in [-0.2, -0.15) is 0 Å². The predicted octanol–water partition coefficient (Wildman–Crippen LogP) is 13.2. The maximum absolute atomic E-state index is 6.90. The van der Waals surface area contributed by atoms with Crippen LogP contribution in [0.3, 0.4) is 0 Å². The van der Waals surface area contributed by atoms with Gasteiger partial charge in [0, 0.05) is 59.1 Å². The molecule has 0 amide bonds. The third-order valence-corrected chi connectivity index (χ3v) is 12.8. The molecular formula is C48H48N2O2. The standard InChI is InChI=1S/C48H48N2O2/c1-29(2)31-14-18-49(19-15-31)38-12-10-34-24-41-42-28-40(33-8-6-5-7-9-33)46-43-25-35-11-13-39(50-20-16-32(17-21-50)30(3)4)23-37(35)27-45(43)52-48(46)47(42)51-44(41)26-36(34)22-38/h5-13,22-32H,14-21H2,1-4H3. The first-order chi connectivity index (χ1) is 25.4. The number of anilines is 2. The molecule has 6 aromatic carbocycles. The molecule has 10 rings (SSSR count). The van der Waals surface area contributed by atoms with Gasteiger partial charge in [0.2, 0.25) is 0 Å². The minimum absolute atomic E-state index is 0.758. The number of nitrogens with zero attached hydrogens (tertiary/aromatic N) is 2. The molecule has 2 fully saturated rings. The molecule has 4 heterocycles. The zero-order valence-electron chi connectivity index (χ0n) is 30.9. The van der Waals surface area contributed by atoms with Gasteiger partial charge in [-0.15, -0.1) is 0 Å². The van der Waals surface area contributed by atoms with Crippen molar-refractivity contribution in [1.29, 1.82) is 0 Å². The molecule has 2 aromatic heterocycles. The Morgan fingerprint density at radius 1 is 0.500 bits per heavy atom. The molecule has 0 atom stereocenters. The van der Waals surface area contributed by atoms with Crippen molar-refractivity contribution in [2.75, 3.05) is 36.0 Å².